The average molecular weight is 450 g/mol. The monoisotopic (exact) mass is 449 g/mol. The lowest BCUT2D eigenvalue weighted by atomic mass is 10.0. The maximum atomic E-state index is 12.7. The van der Waals surface area contributed by atoms with Crippen molar-refractivity contribution in [3.8, 4) is 11.8 Å². The summed E-state index contributed by atoms with van der Waals surface area (Å²) in [6.07, 6.45) is 3.04. The van der Waals surface area contributed by atoms with E-state index in [0.29, 0.717) is 13.2 Å². The third-order valence-corrected chi connectivity index (χ3v) is 4.90. The van der Waals surface area contributed by atoms with Crippen molar-refractivity contribution >= 4 is 17.6 Å². The Bertz CT molecular complexity index is 1040. The highest BCUT2D eigenvalue weighted by Crippen LogP contribution is 2.26. The Morgan fingerprint density at radius 2 is 1.94 bits per heavy atom. The number of para-hydroxylation sites is 1. The van der Waals surface area contributed by atoms with Crippen molar-refractivity contribution in [1.82, 2.24) is 5.32 Å². The molecule has 0 fully saturated rings. The van der Waals surface area contributed by atoms with Crippen LogP contribution in [0.5, 0.6) is 5.75 Å². The van der Waals surface area contributed by atoms with Gasteiger partial charge >= 0.3 is 5.97 Å². The molecule has 0 saturated carbocycles. The Labute approximate surface area is 195 Å². The first kappa shape index (κ1) is 25.5. The Hall–Kier alpha value is -3.79. The zero-order valence-corrected chi connectivity index (χ0v) is 19.6. The van der Waals surface area contributed by atoms with Gasteiger partial charge in [-0.3, -0.25) is 4.79 Å². The number of anilines is 1. The maximum absolute atomic E-state index is 12.7. The number of amides is 1. The van der Waals surface area contributed by atoms with Crippen LogP contribution in [0.15, 0.2) is 54.2 Å². The zero-order valence-electron chi connectivity index (χ0n) is 19.6. The molecule has 2 aromatic rings. The van der Waals surface area contributed by atoms with Crippen molar-refractivity contribution < 1.29 is 19.1 Å². The number of carbonyl (C=O) groups excluding carboxylic acids is 2. The van der Waals surface area contributed by atoms with Gasteiger partial charge in [-0.1, -0.05) is 43.2 Å². The van der Waals surface area contributed by atoms with Gasteiger partial charge in [0, 0.05) is 11.8 Å². The predicted octanol–water partition coefficient (Wildman–Crippen LogP) is 5.05. The SMILES string of the molecule is CCCCOC(=O)c1ccccc1NC(=O)/C(C#N)=C\NC(C)c1cc(C)ccc1OCC. The molecule has 0 aromatic heterocycles. The highest BCUT2D eigenvalue weighted by Gasteiger charge is 2.17. The zero-order chi connectivity index (χ0) is 24.2. The summed E-state index contributed by atoms with van der Waals surface area (Å²) in [5, 5.41) is 15.3. The highest BCUT2D eigenvalue weighted by atomic mass is 16.5. The summed E-state index contributed by atoms with van der Waals surface area (Å²) in [4.78, 5) is 25.1. The summed E-state index contributed by atoms with van der Waals surface area (Å²) in [5.74, 6) is -0.397. The molecular formula is C26H31N3O4. The highest BCUT2D eigenvalue weighted by molar-refractivity contribution is 6.09. The van der Waals surface area contributed by atoms with Crippen LogP contribution < -0.4 is 15.4 Å². The molecule has 174 valence electrons. The molecule has 0 heterocycles. The van der Waals surface area contributed by atoms with Gasteiger partial charge in [0.2, 0.25) is 0 Å². The Kier molecular flexibility index (Phi) is 9.97. The maximum Gasteiger partial charge on any atom is 0.340 e. The van der Waals surface area contributed by atoms with Crippen molar-refractivity contribution in [2.45, 2.75) is 46.6 Å². The summed E-state index contributed by atoms with van der Waals surface area (Å²) in [7, 11) is 0. The smallest absolute Gasteiger partial charge is 0.340 e. The number of aryl methyl sites for hydroxylation is 1. The molecule has 0 aliphatic carbocycles. The number of esters is 1. The molecule has 7 nitrogen and oxygen atoms in total. The first-order chi connectivity index (χ1) is 15.9. The fraction of sp³-hybridized carbons (Fsp3) is 0.346. The minimum Gasteiger partial charge on any atom is -0.494 e. The van der Waals surface area contributed by atoms with Crippen LogP contribution in [-0.4, -0.2) is 25.1 Å². The molecule has 1 atom stereocenters. The van der Waals surface area contributed by atoms with E-state index >= 15 is 0 Å². The molecule has 0 spiro atoms. The van der Waals surface area contributed by atoms with E-state index in [-0.39, 0.29) is 22.9 Å². The molecule has 0 radical (unpaired) electrons. The summed E-state index contributed by atoms with van der Waals surface area (Å²) in [6, 6.07) is 14.1. The topological polar surface area (TPSA) is 100 Å². The molecule has 0 bridgehead atoms. The van der Waals surface area contributed by atoms with Gasteiger partial charge in [-0.25, -0.2) is 4.79 Å². The lowest BCUT2D eigenvalue weighted by molar-refractivity contribution is -0.112. The molecule has 0 aliphatic heterocycles. The number of hydrogen-bond acceptors (Lipinski definition) is 6. The third kappa shape index (κ3) is 7.39. The molecule has 33 heavy (non-hydrogen) atoms. The van der Waals surface area contributed by atoms with E-state index in [4.69, 9.17) is 9.47 Å². The second kappa shape index (κ2) is 12.9. The van der Waals surface area contributed by atoms with Crippen LogP contribution in [0.1, 0.15) is 61.1 Å². The number of nitrogens with zero attached hydrogens (tertiary/aromatic N) is 1. The number of nitriles is 1. The van der Waals surface area contributed by atoms with Crippen molar-refractivity contribution in [2.24, 2.45) is 0 Å². The van der Waals surface area contributed by atoms with Crippen LogP contribution in [0.25, 0.3) is 0 Å². The van der Waals surface area contributed by atoms with Gasteiger partial charge in [-0.05, 0) is 45.4 Å². The lowest BCUT2D eigenvalue weighted by Crippen LogP contribution is -2.20. The Balaban J connectivity index is 2.14. The molecule has 1 unspecified atom stereocenters. The van der Waals surface area contributed by atoms with E-state index in [2.05, 4.69) is 10.6 Å². The molecule has 2 aromatic carbocycles. The molecule has 2 N–H and O–H groups in total. The average Bonchev–Trinajstić information content (AvgIpc) is 2.81. The molecule has 1 amide bonds. The van der Waals surface area contributed by atoms with E-state index in [0.717, 1.165) is 29.7 Å². The van der Waals surface area contributed by atoms with Crippen LogP contribution >= 0.6 is 0 Å². The number of benzene rings is 2. The summed E-state index contributed by atoms with van der Waals surface area (Å²) in [5.41, 5.74) is 2.40. The Morgan fingerprint density at radius 1 is 1.18 bits per heavy atom. The quantitative estimate of drug-likeness (QED) is 0.216. The number of nitrogens with one attached hydrogen (secondary N) is 2. The van der Waals surface area contributed by atoms with Gasteiger partial charge in [0.05, 0.1) is 30.5 Å². The van der Waals surface area contributed by atoms with Gasteiger partial charge < -0.3 is 20.1 Å². The number of carbonyl (C=O) groups is 2. The number of unbranched alkanes of at least 4 members (excludes halogenated alkanes) is 1. The standard InChI is InChI=1S/C26H31N3O4/c1-5-7-14-33-26(31)21-10-8-9-11-23(21)29-25(30)20(16-27)17-28-19(4)22-15-18(3)12-13-24(22)32-6-2/h8-13,15,17,19,28H,5-7,14H2,1-4H3,(H,29,30)/b20-17-. The number of rotatable bonds is 11. The molecule has 7 heteroatoms. The van der Waals surface area contributed by atoms with Crippen LogP contribution in [-0.2, 0) is 9.53 Å². The van der Waals surface area contributed by atoms with Crippen LogP contribution in [0.3, 0.4) is 0 Å². The minimum atomic E-state index is -0.625. The first-order valence-electron chi connectivity index (χ1n) is 11.1. The number of hydrogen-bond donors (Lipinski definition) is 2. The predicted molar refractivity (Wildman–Crippen MR) is 128 cm³/mol. The first-order valence-corrected chi connectivity index (χ1v) is 11.1. The van der Waals surface area contributed by atoms with E-state index in [1.807, 2.05) is 52.0 Å². The van der Waals surface area contributed by atoms with Gasteiger partial charge in [-0.2, -0.15) is 5.26 Å². The van der Waals surface area contributed by atoms with E-state index in [9.17, 15) is 14.9 Å². The van der Waals surface area contributed by atoms with Crippen molar-refractivity contribution in [1.29, 1.82) is 5.26 Å². The van der Waals surface area contributed by atoms with Crippen LogP contribution in [0.4, 0.5) is 5.69 Å². The van der Waals surface area contributed by atoms with E-state index in [1.54, 1.807) is 24.3 Å². The number of ether oxygens (including phenoxy) is 2. The fourth-order valence-electron chi connectivity index (χ4n) is 3.09. The van der Waals surface area contributed by atoms with Crippen LogP contribution in [0.2, 0.25) is 0 Å². The normalized spacial score (nSPS) is 11.8. The molecule has 0 saturated heterocycles. The van der Waals surface area contributed by atoms with Crippen molar-refractivity contribution in [2.75, 3.05) is 18.5 Å². The largest absolute Gasteiger partial charge is 0.494 e. The van der Waals surface area contributed by atoms with Gasteiger partial charge in [0.15, 0.2) is 0 Å². The van der Waals surface area contributed by atoms with Gasteiger partial charge in [0.25, 0.3) is 5.91 Å². The summed E-state index contributed by atoms with van der Waals surface area (Å²) >= 11 is 0. The van der Waals surface area contributed by atoms with E-state index < -0.39 is 11.9 Å². The Morgan fingerprint density at radius 3 is 2.64 bits per heavy atom. The van der Waals surface area contributed by atoms with Crippen LogP contribution in [0, 0.1) is 18.3 Å². The second-order valence-corrected chi connectivity index (χ2v) is 7.52. The molecule has 0 aliphatic rings. The van der Waals surface area contributed by atoms with Gasteiger partial charge in [-0.15, -0.1) is 0 Å². The molecular weight excluding hydrogens is 418 g/mol. The second-order valence-electron chi connectivity index (χ2n) is 7.52. The van der Waals surface area contributed by atoms with E-state index in [1.165, 1.54) is 6.20 Å². The summed E-state index contributed by atoms with van der Waals surface area (Å²) in [6.45, 7) is 8.67. The summed E-state index contributed by atoms with van der Waals surface area (Å²) < 4.78 is 10.9. The fourth-order valence-corrected chi connectivity index (χ4v) is 3.09. The van der Waals surface area contributed by atoms with Gasteiger partial charge in [0.1, 0.15) is 17.4 Å². The lowest BCUT2D eigenvalue weighted by Gasteiger charge is -2.18. The van der Waals surface area contributed by atoms with Crippen molar-refractivity contribution in [3.05, 3.63) is 70.9 Å². The third-order valence-electron chi connectivity index (χ3n) is 4.90. The molecule has 2 rings (SSSR count). The van der Waals surface area contributed by atoms with Crippen molar-refractivity contribution in [3.63, 3.8) is 0 Å². The minimum absolute atomic E-state index is 0.124.